The number of aliphatic imine (C=N–C) groups is 1. The second-order valence-electron chi connectivity index (χ2n) is 5.56. The molecule has 0 radical (unpaired) electrons. The Morgan fingerprint density at radius 2 is 1.92 bits per heavy atom. The van der Waals surface area contributed by atoms with Gasteiger partial charge in [-0.15, -0.1) is 24.0 Å². The van der Waals surface area contributed by atoms with Gasteiger partial charge in [-0.2, -0.15) is 0 Å². The molecule has 0 spiro atoms. The van der Waals surface area contributed by atoms with Gasteiger partial charge in [0.1, 0.15) is 12.4 Å². The summed E-state index contributed by atoms with van der Waals surface area (Å²) >= 11 is 0. The summed E-state index contributed by atoms with van der Waals surface area (Å²) in [4.78, 5) is 15.8. The summed E-state index contributed by atoms with van der Waals surface area (Å²) in [6.45, 7) is 7.73. The van der Waals surface area contributed by atoms with Gasteiger partial charge in [-0.25, -0.2) is 8.78 Å². The van der Waals surface area contributed by atoms with E-state index in [0.29, 0.717) is 32.1 Å². The number of hydrogen-bond acceptors (Lipinski definition) is 3. The molecule has 0 saturated heterocycles. The van der Waals surface area contributed by atoms with Crippen molar-refractivity contribution in [3.63, 3.8) is 0 Å². The molecule has 0 heterocycles. The van der Waals surface area contributed by atoms with Crippen LogP contribution in [-0.4, -0.2) is 44.7 Å². The van der Waals surface area contributed by atoms with Gasteiger partial charge in [-0.1, -0.05) is 13.8 Å². The van der Waals surface area contributed by atoms with E-state index in [1.165, 1.54) is 6.07 Å². The third kappa shape index (κ3) is 9.73. The van der Waals surface area contributed by atoms with Crippen LogP contribution in [0.15, 0.2) is 23.2 Å². The lowest BCUT2D eigenvalue weighted by atomic mass is 10.2. The van der Waals surface area contributed by atoms with Crippen LogP contribution >= 0.6 is 24.0 Å². The standard InChI is InChI=1S/C17H26F2N4O2.HI/c1-4-20-17(22-8-7-21-16(24)12(2)3)23-9-10-25-15-6-5-13(18)11-14(15)19;/h5-6,11-12H,4,7-10H2,1-3H3,(H,21,24)(H2,20,22,23);1H. The summed E-state index contributed by atoms with van der Waals surface area (Å²) in [6.07, 6.45) is 0. The third-order valence-electron chi connectivity index (χ3n) is 3.10. The van der Waals surface area contributed by atoms with Gasteiger partial charge in [0.15, 0.2) is 17.5 Å². The van der Waals surface area contributed by atoms with Gasteiger partial charge in [-0.05, 0) is 19.1 Å². The zero-order valence-electron chi connectivity index (χ0n) is 15.3. The molecule has 3 N–H and O–H groups in total. The van der Waals surface area contributed by atoms with Crippen LogP contribution in [0.25, 0.3) is 0 Å². The van der Waals surface area contributed by atoms with Crippen molar-refractivity contribution in [2.24, 2.45) is 10.9 Å². The van der Waals surface area contributed by atoms with E-state index in [-0.39, 0.29) is 48.2 Å². The number of ether oxygens (including phenoxy) is 1. The van der Waals surface area contributed by atoms with Crippen LogP contribution in [0.5, 0.6) is 5.75 Å². The highest BCUT2D eigenvalue weighted by molar-refractivity contribution is 14.0. The maximum Gasteiger partial charge on any atom is 0.222 e. The number of nitrogens with zero attached hydrogens (tertiary/aromatic N) is 1. The fraction of sp³-hybridized carbons (Fsp3) is 0.529. The molecule has 0 atom stereocenters. The quantitative estimate of drug-likeness (QED) is 0.218. The number of carbonyl (C=O) groups is 1. The average Bonchev–Trinajstić information content (AvgIpc) is 2.56. The number of benzene rings is 1. The Balaban J connectivity index is 0.00000625. The Hall–Kier alpha value is -1.65. The predicted octanol–water partition coefficient (Wildman–Crippen LogP) is 2.29. The summed E-state index contributed by atoms with van der Waals surface area (Å²) < 4.78 is 31.5. The van der Waals surface area contributed by atoms with Crippen LogP contribution in [-0.2, 0) is 4.79 Å². The SMILES string of the molecule is CCNC(=NCCNC(=O)C(C)C)NCCOc1ccc(F)cc1F.I. The van der Waals surface area contributed by atoms with Crippen molar-refractivity contribution in [2.45, 2.75) is 20.8 Å². The lowest BCUT2D eigenvalue weighted by Crippen LogP contribution is -2.40. The minimum Gasteiger partial charge on any atom is -0.489 e. The molecule has 148 valence electrons. The smallest absolute Gasteiger partial charge is 0.222 e. The predicted molar refractivity (Wildman–Crippen MR) is 109 cm³/mol. The molecule has 0 aliphatic carbocycles. The van der Waals surface area contributed by atoms with Crippen LogP contribution in [0, 0.1) is 17.6 Å². The fourth-order valence-electron chi connectivity index (χ4n) is 1.82. The molecule has 0 fully saturated rings. The van der Waals surface area contributed by atoms with Crippen LogP contribution in [0.4, 0.5) is 8.78 Å². The molecule has 1 aromatic carbocycles. The van der Waals surface area contributed by atoms with Crippen LogP contribution in [0.1, 0.15) is 20.8 Å². The summed E-state index contributed by atoms with van der Waals surface area (Å²) in [5.41, 5.74) is 0. The minimum absolute atomic E-state index is 0. The van der Waals surface area contributed by atoms with Crippen molar-refractivity contribution in [1.82, 2.24) is 16.0 Å². The third-order valence-corrected chi connectivity index (χ3v) is 3.10. The van der Waals surface area contributed by atoms with Crippen molar-refractivity contribution in [3.05, 3.63) is 29.8 Å². The molecule has 1 amide bonds. The lowest BCUT2D eigenvalue weighted by molar-refractivity contribution is -0.123. The number of amides is 1. The first-order chi connectivity index (χ1) is 11.9. The number of carbonyl (C=O) groups excluding carboxylic acids is 1. The van der Waals surface area contributed by atoms with Gasteiger partial charge >= 0.3 is 0 Å². The first-order valence-corrected chi connectivity index (χ1v) is 8.31. The Kier molecular flexibility index (Phi) is 12.7. The van der Waals surface area contributed by atoms with Crippen molar-refractivity contribution in [1.29, 1.82) is 0 Å². The van der Waals surface area contributed by atoms with Gasteiger partial charge in [0.25, 0.3) is 0 Å². The molecular formula is C17H27F2IN4O2. The Morgan fingerprint density at radius 3 is 2.54 bits per heavy atom. The van der Waals surface area contributed by atoms with E-state index >= 15 is 0 Å². The van der Waals surface area contributed by atoms with E-state index < -0.39 is 11.6 Å². The topological polar surface area (TPSA) is 74.8 Å². The maximum absolute atomic E-state index is 13.4. The molecule has 26 heavy (non-hydrogen) atoms. The zero-order chi connectivity index (χ0) is 18.7. The highest BCUT2D eigenvalue weighted by Crippen LogP contribution is 2.17. The second kappa shape index (κ2) is 13.5. The maximum atomic E-state index is 13.4. The van der Waals surface area contributed by atoms with Gasteiger partial charge in [-0.3, -0.25) is 9.79 Å². The number of nitrogens with one attached hydrogen (secondary N) is 3. The highest BCUT2D eigenvalue weighted by Gasteiger charge is 2.06. The van der Waals surface area contributed by atoms with Gasteiger partial charge in [0.2, 0.25) is 5.91 Å². The largest absolute Gasteiger partial charge is 0.489 e. The number of rotatable bonds is 9. The summed E-state index contributed by atoms with van der Waals surface area (Å²) in [7, 11) is 0. The molecule has 9 heteroatoms. The van der Waals surface area contributed by atoms with Crippen LogP contribution in [0.3, 0.4) is 0 Å². The molecule has 6 nitrogen and oxygen atoms in total. The van der Waals surface area contributed by atoms with Crippen LogP contribution in [0.2, 0.25) is 0 Å². The molecule has 0 aliphatic rings. The number of hydrogen-bond donors (Lipinski definition) is 3. The van der Waals surface area contributed by atoms with E-state index in [4.69, 9.17) is 4.74 Å². The highest BCUT2D eigenvalue weighted by atomic mass is 127. The fourth-order valence-corrected chi connectivity index (χ4v) is 1.82. The van der Waals surface area contributed by atoms with Gasteiger partial charge in [0, 0.05) is 25.1 Å². The van der Waals surface area contributed by atoms with Gasteiger partial charge in [0.05, 0.1) is 13.1 Å². The average molecular weight is 484 g/mol. The molecule has 1 rings (SSSR count). The monoisotopic (exact) mass is 484 g/mol. The van der Waals surface area contributed by atoms with Crippen molar-refractivity contribution in [3.8, 4) is 5.75 Å². The first kappa shape index (κ1) is 24.4. The zero-order valence-corrected chi connectivity index (χ0v) is 17.6. The van der Waals surface area contributed by atoms with E-state index in [0.717, 1.165) is 12.1 Å². The molecule has 0 bridgehead atoms. The normalized spacial score (nSPS) is 10.9. The number of guanidine groups is 1. The van der Waals surface area contributed by atoms with E-state index in [1.54, 1.807) is 0 Å². The molecular weight excluding hydrogens is 457 g/mol. The molecule has 0 saturated carbocycles. The minimum atomic E-state index is -0.735. The van der Waals surface area contributed by atoms with Gasteiger partial charge < -0.3 is 20.7 Å². The lowest BCUT2D eigenvalue weighted by Gasteiger charge is -2.12. The Morgan fingerprint density at radius 1 is 1.19 bits per heavy atom. The van der Waals surface area contributed by atoms with Crippen molar-refractivity contribution < 1.29 is 18.3 Å². The van der Waals surface area contributed by atoms with E-state index in [1.807, 2.05) is 20.8 Å². The molecule has 0 aliphatic heterocycles. The summed E-state index contributed by atoms with van der Waals surface area (Å²) in [5, 5.41) is 8.88. The Bertz CT molecular complexity index is 586. The van der Waals surface area contributed by atoms with E-state index in [2.05, 4.69) is 20.9 Å². The first-order valence-electron chi connectivity index (χ1n) is 8.31. The van der Waals surface area contributed by atoms with E-state index in [9.17, 15) is 13.6 Å². The van der Waals surface area contributed by atoms with Crippen molar-refractivity contribution in [2.75, 3.05) is 32.8 Å². The molecule has 1 aromatic rings. The van der Waals surface area contributed by atoms with Crippen molar-refractivity contribution >= 4 is 35.8 Å². The second-order valence-corrected chi connectivity index (χ2v) is 5.56. The molecule has 0 aromatic heterocycles. The Labute approximate surface area is 170 Å². The molecule has 0 unspecified atom stereocenters. The summed E-state index contributed by atoms with van der Waals surface area (Å²) in [5.74, 6) is -0.871. The number of halogens is 3. The summed E-state index contributed by atoms with van der Waals surface area (Å²) in [6, 6.07) is 3.17. The van der Waals surface area contributed by atoms with Crippen LogP contribution < -0.4 is 20.7 Å².